The number of pyridine rings is 1. The van der Waals surface area contributed by atoms with Crippen molar-refractivity contribution in [3.63, 3.8) is 0 Å². The number of aromatic nitrogens is 2. The van der Waals surface area contributed by atoms with E-state index in [2.05, 4.69) is 20.9 Å². The van der Waals surface area contributed by atoms with Gasteiger partial charge in [-0.1, -0.05) is 11.6 Å². The number of rotatable bonds is 1. The van der Waals surface area contributed by atoms with Gasteiger partial charge in [0.05, 0.1) is 4.47 Å². The summed E-state index contributed by atoms with van der Waals surface area (Å²) in [5.74, 6) is 0.587. The van der Waals surface area contributed by atoms with Crippen LogP contribution in [0.4, 0.5) is 0 Å². The first-order chi connectivity index (χ1) is 8.61. The van der Waals surface area contributed by atoms with E-state index in [4.69, 9.17) is 16.0 Å². The number of oxazole rings is 1. The zero-order valence-corrected chi connectivity index (χ0v) is 14.4. The molecule has 3 nitrogen and oxygen atoms in total. The summed E-state index contributed by atoms with van der Waals surface area (Å²) >= 11 is 9.39. The third-order valence-electron chi connectivity index (χ3n) is 2.56. The fourth-order valence-corrected chi connectivity index (χ4v) is 2.55. The van der Waals surface area contributed by atoms with Crippen LogP contribution in [0, 0.1) is 0 Å². The molecule has 0 N–H and O–H groups in total. The maximum Gasteiger partial charge on any atom is 0.233 e. The average Bonchev–Trinajstić information content (AvgIpc) is 2.70. The van der Waals surface area contributed by atoms with Crippen LogP contribution in [-0.2, 0) is 7.05 Å². The van der Waals surface area contributed by atoms with Crippen molar-refractivity contribution in [2.45, 2.75) is 0 Å². The Hall–Kier alpha value is -0.660. The van der Waals surface area contributed by atoms with Gasteiger partial charge in [-0.2, -0.15) is 0 Å². The van der Waals surface area contributed by atoms with Crippen molar-refractivity contribution in [2.24, 2.45) is 7.05 Å². The van der Waals surface area contributed by atoms with Crippen molar-refractivity contribution in [3.05, 3.63) is 46.2 Å². The van der Waals surface area contributed by atoms with E-state index in [0.29, 0.717) is 10.9 Å². The van der Waals surface area contributed by atoms with Crippen molar-refractivity contribution in [1.82, 2.24) is 4.98 Å². The van der Waals surface area contributed by atoms with Gasteiger partial charge >= 0.3 is 0 Å². The van der Waals surface area contributed by atoms with Gasteiger partial charge in [0.1, 0.15) is 18.1 Å². The van der Waals surface area contributed by atoms with Gasteiger partial charge in [0.15, 0.2) is 18.0 Å². The largest absolute Gasteiger partial charge is 1.00 e. The van der Waals surface area contributed by atoms with Crippen molar-refractivity contribution in [1.29, 1.82) is 0 Å². The molecular weight excluding hydrogens is 442 g/mol. The molecule has 3 rings (SSSR count). The topological polar surface area (TPSA) is 29.9 Å². The number of fused-ring (bicyclic) bond motifs is 1. The first kappa shape index (κ1) is 14.7. The highest BCUT2D eigenvalue weighted by atomic mass is 127. The van der Waals surface area contributed by atoms with Gasteiger partial charge in [-0.25, -0.2) is 9.55 Å². The molecule has 19 heavy (non-hydrogen) atoms. The van der Waals surface area contributed by atoms with Gasteiger partial charge in [-0.15, -0.1) is 0 Å². The van der Waals surface area contributed by atoms with Crippen molar-refractivity contribution < 1.29 is 33.0 Å². The molecule has 0 saturated carbocycles. The SMILES string of the molecule is C[n+]1cc(Br)cc(-c2nc3cc(Cl)ccc3o2)c1.[I-]. The summed E-state index contributed by atoms with van der Waals surface area (Å²) in [7, 11) is 1.95. The van der Waals surface area contributed by atoms with Gasteiger partial charge in [-0.3, -0.25) is 0 Å². The molecule has 0 aliphatic rings. The number of benzene rings is 1. The summed E-state index contributed by atoms with van der Waals surface area (Å²) in [5, 5.41) is 0.655. The number of halogens is 3. The second-order valence-electron chi connectivity index (χ2n) is 4.04. The van der Waals surface area contributed by atoms with Crippen LogP contribution in [0.5, 0.6) is 0 Å². The van der Waals surface area contributed by atoms with Gasteiger partial charge in [0.25, 0.3) is 0 Å². The lowest BCUT2D eigenvalue weighted by atomic mass is 10.3. The number of hydrogen-bond donors (Lipinski definition) is 0. The highest BCUT2D eigenvalue weighted by Crippen LogP contribution is 2.26. The second-order valence-corrected chi connectivity index (χ2v) is 5.39. The summed E-state index contributed by atoms with van der Waals surface area (Å²) in [6.07, 6.45) is 3.92. The Morgan fingerprint density at radius 1 is 1.26 bits per heavy atom. The summed E-state index contributed by atoms with van der Waals surface area (Å²) in [6.45, 7) is 0. The van der Waals surface area contributed by atoms with Crippen LogP contribution in [-0.4, -0.2) is 4.98 Å². The Kier molecular flexibility index (Phi) is 4.47. The molecule has 2 heterocycles. The quantitative estimate of drug-likeness (QED) is 0.404. The Morgan fingerprint density at radius 2 is 2.05 bits per heavy atom. The first-order valence-electron chi connectivity index (χ1n) is 5.34. The van der Waals surface area contributed by atoms with Crippen LogP contribution in [0.15, 0.2) is 45.5 Å². The molecule has 3 aromatic rings. The molecule has 6 heteroatoms. The van der Waals surface area contributed by atoms with E-state index in [1.54, 1.807) is 12.1 Å². The van der Waals surface area contributed by atoms with Crippen LogP contribution in [0.2, 0.25) is 5.02 Å². The van der Waals surface area contributed by atoms with Gasteiger partial charge in [-0.05, 0) is 40.2 Å². The lowest BCUT2D eigenvalue weighted by Gasteiger charge is -1.94. The molecule has 0 bridgehead atoms. The summed E-state index contributed by atoms with van der Waals surface area (Å²) < 4.78 is 8.64. The maximum absolute atomic E-state index is 5.93. The number of hydrogen-bond acceptors (Lipinski definition) is 2. The minimum atomic E-state index is 0. The third-order valence-corrected chi connectivity index (χ3v) is 3.23. The zero-order valence-electron chi connectivity index (χ0n) is 9.90. The standard InChI is InChI=1S/C13H9BrClN2O.HI/c1-17-6-8(4-9(14)7-17)13-16-11-5-10(15)2-3-12(11)18-13;/h2-7H,1H3;1H/q+1;/p-1. The van der Waals surface area contributed by atoms with Crippen molar-refractivity contribution >= 4 is 38.6 Å². The zero-order chi connectivity index (χ0) is 12.7. The van der Waals surface area contributed by atoms with Crippen LogP contribution in [0.25, 0.3) is 22.6 Å². The molecule has 0 unspecified atom stereocenters. The van der Waals surface area contributed by atoms with E-state index in [1.807, 2.05) is 36.1 Å². The maximum atomic E-state index is 5.93. The summed E-state index contributed by atoms with van der Waals surface area (Å²) in [5.41, 5.74) is 2.41. The van der Waals surface area contributed by atoms with Crippen LogP contribution < -0.4 is 28.5 Å². The molecular formula is C13H9BrClIN2O. The van der Waals surface area contributed by atoms with Crippen LogP contribution in [0.3, 0.4) is 0 Å². The lowest BCUT2D eigenvalue weighted by Crippen LogP contribution is -3.00. The molecule has 98 valence electrons. The fourth-order valence-electron chi connectivity index (χ4n) is 1.82. The fraction of sp³-hybridized carbons (Fsp3) is 0.0769. The molecule has 0 fully saturated rings. The highest BCUT2D eigenvalue weighted by molar-refractivity contribution is 9.10. The second kappa shape index (κ2) is 5.76. The average molecular weight is 451 g/mol. The molecule has 2 aromatic heterocycles. The molecule has 0 amide bonds. The molecule has 0 spiro atoms. The Labute approximate surface area is 140 Å². The molecule has 1 aromatic carbocycles. The minimum Gasteiger partial charge on any atom is -1.00 e. The van der Waals surface area contributed by atoms with E-state index in [-0.39, 0.29) is 24.0 Å². The van der Waals surface area contributed by atoms with E-state index in [0.717, 1.165) is 21.1 Å². The van der Waals surface area contributed by atoms with Crippen LogP contribution in [0.1, 0.15) is 0 Å². The molecule has 0 atom stereocenters. The number of aryl methyl sites for hydroxylation is 1. The highest BCUT2D eigenvalue weighted by Gasteiger charge is 2.12. The predicted octanol–water partition coefficient (Wildman–Crippen LogP) is 0.739. The Balaban J connectivity index is 0.00000133. The molecule has 0 aliphatic carbocycles. The third kappa shape index (κ3) is 3.09. The molecule has 0 aliphatic heterocycles. The predicted molar refractivity (Wildman–Crippen MR) is 73.3 cm³/mol. The minimum absolute atomic E-state index is 0. The van der Waals surface area contributed by atoms with E-state index < -0.39 is 0 Å². The van der Waals surface area contributed by atoms with E-state index >= 15 is 0 Å². The molecule has 0 saturated heterocycles. The number of nitrogens with zero attached hydrogens (tertiary/aromatic N) is 2. The summed E-state index contributed by atoms with van der Waals surface area (Å²) in [6, 6.07) is 7.38. The Morgan fingerprint density at radius 3 is 2.79 bits per heavy atom. The van der Waals surface area contributed by atoms with Gasteiger partial charge in [0.2, 0.25) is 5.89 Å². The lowest BCUT2D eigenvalue weighted by molar-refractivity contribution is -0.671. The van der Waals surface area contributed by atoms with Crippen molar-refractivity contribution in [2.75, 3.05) is 0 Å². The Bertz CT molecular complexity index is 724. The molecule has 0 radical (unpaired) electrons. The van der Waals surface area contributed by atoms with Crippen molar-refractivity contribution in [3.8, 4) is 11.5 Å². The van der Waals surface area contributed by atoms with Gasteiger partial charge < -0.3 is 28.4 Å². The summed E-state index contributed by atoms with van der Waals surface area (Å²) in [4.78, 5) is 4.44. The smallest absolute Gasteiger partial charge is 0.233 e. The van der Waals surface area contributed by atoms with Gasteiger partial charge in [0, 0.05) is 5.02 Å². The van der Waals surface area contributed by atoms with Crippen LogP contribution >= 0.6 is 27.5 Å². The van der Waals surface area contributed by atoms with E-state index in [1.165, 1.54) is 0 Å². The monoisotopic (exact) mass is 450 g/mol. The van der Waals surface area contributed by atoms with E-state index in [9.17, 15) is 0 Å². The first-order valence-corrected chi connectivity index (χ1v) is 6.51. The normalized spacial score (nSPS) is 10.5.